The van der Waals surface area contributed by atoms with Gasteiger partial charge in [0.1, 0.15) is 0 Å². The lowest BCUT2D eigenvalue weighted by Crippen LogP contribution is -1.96. The van der Waals surface area contributed by atoms with Gasteiger partial charge in [-0.15, -0.1) is 11.3 Å². The van der Waals surface area contributed by atoms with Gasteiger partial charge in [-0.2, -0.15) is 22.7 Å². The minimum Gasteiger partial charge on any atom is -0.152 e. The van der Waals surface area contributed by atoms with E-state index >= 15 is 0 Å². The Morgan fingerprint density at radius 2 is 1.06 bits per heavy atom. The molecular formula is C49H32S3. The van der Waals surface area contributed by atoms with Crippen molar-refractivity contribution in [3.05, 3.63) is 173 Å². The summed E-state index contributed by atoms with van der Waals surface area (Å²) < 4.78 is 2.60. The summed E-state index contributed by atoms with van der Waals surface area (Å²) >= 11 is 5.39. The maximum absolute atomic E-state index is 4.04. The molecule has 0 aliphatic heterocycles. The molecule has 0 amide bonds. The van der Waals surface area contributed by atoms with Gasteiger partial charge in [-0.05, 0) is 147 Å². The highest BCUT2D eigenvalue weighted by molar-refractivity contribution is 7.26. The predicted molar refractivity (Wildman–Crippen MR) is 233 cm³/mol. The van der Waals surface area contributed by atoms with Gasteiger partial charge in [-0.25, -0.2) is 0 Å². The topological polar surface area (TPSA) is 0 Å². The monoisotopic (exact) mass is 716 g/mol. The van der Waals surface area contributed by atoms with Crippen molar-refractivity contribution < 1.29 is 0 Å². The van der Waals surface area contributed by atoms with Gasteiger partial charge < -0.3 is 0 Å². The van der Waals surface area contributed by atoms with Gasteiger partial charge in [0.15, 0.2) is 0 Å². The van der Waals surface area contributed by atoms with Crippen LogP contribution in [-0.4, -0.2) is 0 Å². The van der Waals surface area contributed by atoms with E-state index in [0.29, 0.717) is 0 Å². The molecule has 0 fully saturated rings. The summed E-state index contributed by atoms with van der Waals surface area (Å²) in [7, 11) is 0. The summed E-state index contributed by atoms with van der Waals surface area (Å²) in [4.78, 5) is 0. The SMILES string of the molecule is C=C/C=C\c1c(C)c(-c2ccsc2)c2ccccc2c1-c1cccc2sc3ccc(-c4c5ccccc5c(-c5ccsc5)c5ccccc45)cc3c12. The zero-order valence-electron chi connectivity index (χ0n) is 28.5. The molecule has 52 heavy (non-hydrogen) atoms. The zero-order chi connectivity index (χ0) is 34.8. The lowest BCUT2D eigenvalue weighted by molar-refractivity contribution is 1.47. The first-order chi connectivity index (χ1) is 25.7. The molecule has 0 saturated carbocycles. The number of hydrogen-bond donors (Lipinski definition) is 0. The Labute approximate surface area is 314 Å². The van der Waals surface area contributed by atoms with Crippen LogP contribution in [0.15, 0.2) is 162 Å². The summed E-state index contributed by atoms with van der Waals surface area (Å²) in [5.74, 6) is 0. The van der Waals surface area contributed by atoms with E-state index in [9.17, 15) is 0 Å². The Bertz CT molecular complexity index is 2970. The molecule has 0 radical (unpaired) electrons. The van der Waals surface area contributed by atoms with Gasteiger partial charge in [0.2, 0.25) is 0 Å². The molecule has 7 aromatic carbocycles. The molecular weight excluding hydrogens is 685 g/mol. The van der Waals surface area contributed by atoms with Crippen LogP contribution in [0.2, 0.25) is 0 Å². The van der Waals surface area contributed by atoms with Crippen LogP contribution >= 0.6 is 34.0 Å². The van der Waals surface area contributed by atoms with E-state index < -0.39 is 0 Å². The van der Waals surface area contributed by atoms with Crippen LogP contribution in [0, 0.1) is 6.92 Å². The number of benzene rings is 7. The minimum atomic E-state index is 1.24. The van der Waals surface area contributed by atoms with Gasteiger partial charge >= 0.3 is 0 Å². The van der Waals surface area contributed by atoms with Crippen LogP contribution in [0.3, 0.4) is 0 Å². The molecule has 246 valence electrons. The van der Waals surface area contributed by atoms with Crippen molar-refractivity contribution in [2.45, 2.75) is 6.92 Å². The Kier molecular flexibility index (Phi) is 7.54. The van der Waals surface area contributed by atoms with E-state index in [1.54, 1.807) is 22.7 Å². The molecule has 0 aliphatic carbocycles. The molecule has 3 heteroatoms. The van der Waals surface area contributed by atoms with Crippen molar-refractivity contribution in [1.29, 1.82) is 0 Å². The van der Waals surface area contributed by atoms with Crippen LogP contribution < -0.4 is 0 Å². The van der Waals surface area contributed by atoms with Crippen molar-refractivity contribution in [3.8, 4) is 44.5 Å². The van der Waals surface area contributed by atoms with Crippen molar-refractivity contribution in [3.63, 3.8) is 0 Å². The number of allylic oxidation sites excluding steroid dienone is 2. The van der Waals surface area contributed by atoms with Gasteiger partial charge in [0, 0.05) is 20.2 Å². The molecule has 0 atom stereocenters. The van der Waals surface area contributed by atoms with E-state index in [1.807, 2.05) is 17.4 Å². The molecule has 0 aliphatic rings. The summed E-state index contributed by atoms with van der Waals surface area (Å²) in [6.07, 6.45) is 6.22. The van der Waals surface area contributed by atoms with Crippen LogP contribution in [0.4, 0.5) is 0 Å². The fraction of sp³-hybridized carbons (Fsp3) is 0.0204. The van der Waals surface area contributed by atoms with Crippen LogP contribution in [0.25, 0.3) is 103 Å². The molecule has 0 spiro atoms. The lowest BCUT2D eigenvalue weighted by atomic mass is 9.83. The molecule has 0 saturated heterocycles. The maximum Gasteiger partial charge on any atom is 0.0361 e. The highest BCUT2D eigenvalue weighted by Crippen LogP contribution is 2.49. The maximum atomic E-state index is 4.04. The van der Waals surface area contributed by atoms with Gasteiger partial charge in [-0.3, -0.25) is 0 Å². The average Bonchev–Trinajstić information content (AvgIpc) is 3.98. The summed E-state index contributed by atoms with van der Waals surface area (Å²) in [5.41, 5.74) is 12.8. The highest BCUT2D eigenvalue weighted by Gasteiger charge is 2.22. The van der Waals surface area contributed by atoms with Crippen molar-refractivity contribution in [2.75, 3.05) is 0 Å². The quantitative estimate of drug-likeness (QED) is 0.119. The Morgan fingerprint density at radius 1 is 0.500 bits per heavy atom. The summed E-state index contributed by atoms with van der Waals surface area (Å²) in [6.45, 7) is 6.33. The summed E-state index contributed by atoms with van der Waals surface area (Å²) in [6, 6.07) is 45.3. The Hall–Kier alpha value is -5.58. The van der Waals surface area contributed by atoms with Gasteiger partial charge in [-0.1, -0.05) is 116 Å². The van der Waals surface area contributed by atoms with Gasteiger partial charge in [0.05, 0.1) is 0 Å². The molecule has 10 rings (SSSR count). The zero-order valence-corrected chi connectivity index (χ0v) is 31.0. The first-order valence-electron chi connectivity index (χ1n) is 17.5. The van der Waals surface area contributed by atoms with E-state index in [-0.39, 0.29) is 0 Å². The number of rotatable bonds is 6. The highest BCUT2D eigenvalue weighted by atomic mass is 32.1. The largest absolute Gasteiger partial charge is 0.152 e. The third-order valence-corrected chi connectivity index (χ3v) is 13.0. The smallest absolute Gasteiger partial charge is 0.0361 e. The van der Waals surface area contributed by atoms with Gasteiger partial charge in [0.25, 0.3) is 0 Å². The standard InChI is InChI=1S/C49H32S3/c1-3-4-12-34-30(2)45(32-23-25-50-28-32)35-13-5-10-18-40(35)48(34)41-19-11-20-44-49(41)42-27-31(21-22-43(42)52-44)46-36-14-6-8-16-38(36)47(33-24-26-51-29-33)39-17-9-7-15-37(39)46/h3-29H,1H2,2H3/b12-4-. The van der Waals surface area contributed by atoms with E-state index in [0.717, 1.165) is 0 Å². The second kappa shape index (κ2) is 12.6. The molecule has 0 unspecified atom stereocenters. The molecule has 0 bridgehead atoms. The summed E-state index contributed by atoms with van der Waals surface area (Å²) in [5, 5.41) is 19.2. The van der Waals surface area contributed by atoms with Crippen molar-refractivity contribution >= 4 is 92.6 Å². The normalized spacial score (nSPS) is 11.9. The molecule has 3 heterocycles. The second-order valence-electron chi connectivity index (χ2n) is 13.3. The average molecular weight is 717 g/mol. The second-order valence-corrected chi connectivity index (χ2v) is 15.9. The van der Waals surface area contributed by atoms with E-state index in [2.05, 4.69) is 169 Å². The Balaban J connectivity index is 1.30. The first-order valence-corrected chi connectivity index (χ1v) is 20.2. The number of fused-ring (bicyclic) bond motifs is 6. The number of thiophene rings is 3. The fourth-order valence-corrected chi connectivity index (χ4v) is 10.8. The van der Waals surface area contributed by atoms with Crippen LogP contribution in [-0.2, 0) is 0 Å². The van der Waals surface area contributed by atoms with Crippen LogP contribution in [0.1, 0.15) is 11.1 Å². The lowest BCUT2D eigenvalue weighted by Gasteiger charge is -2.20. The third-order valence-electron chi connectivity index (χ3n) is 10.5. The fourth-order valence-electron chi connectivity index (χ4n) is 8.38. The van der Waals surface area contributed by atoms with E-state index in [4.69, 9.17) is 0 Å². The van der Waals surface area contributed by atoms with Crippen LogP contribution in [0.5, 0.6) is 0 Å². The number of hydrogen-bond acceptors (Lipinski definition) is 3. The molecule has 10 aromatic rings. The predicted octanol–water partition coefficient (Wildman–Crippen LogP) is 15.8. The van der Waals surface area contributed by atoms with E-state index in [1.165, 1.54) is 108 Å². The Morgan fingerprint density at radius 3 is 1.63 bits per heavy atom. The first kappa shape index (κ1) is 31.2. The van der Waals surface area contributed by atoms with Crippen molar-refractivity contribution in [1.82, 2.24) is 0 Å². The molecule has 0 N–H and O–H groups in total. The third kappa shape index (κ3) is 4.78. The van der Waals surface area contributed by atoms with Crippen molar-refractivity contribution in [2.24, 2.45) is 0 Å². The minimum absolute atomic E-state index is 1.24. The molecule has 3 aromatic heterocycles. The molecule has 0 nitrogen and oxygen atoms in total.